The minimum absolute atomic E-state index is 0.111. The Morgan fingerprint density at radius 2 is 1.88 bits per heavy atom. The molecule has 0 aromatic carbocycles. The third-order valence-corrected chi connectivity index (χ3v) is 4.18. The Balaban J connectivity index is 1.90. The Kier molecular flexibility index (Phi) is 6.97. The zero-order valence-corrected chi connectivity index (χ0v) is 15.3. The lowest BCUT2D eigenvalue weighted by molar-refractivity contribution is 0.0786. The lowest BCUT2D eigenvalue weighted by atomic mass is 10.3. The van der Waals surface area contributed by atoms with Gasteiger partial charge in [-0.15, -0.1) is 0 Å². The number of rotatable bonds is 6. The molecule has 0 saturated carbocycles. The van der Waals surface area contributed by atoms with Crippen LogP contribution in [0.25, 0.3) is 0 Å². The van der Waals surface area contributed by atoms with Crippen molar-refractivity contribution in [1.82, 2.24) is 19.8 Å². The second kappa shape index (κ2) is 9.19. The predicted octanol–water partition coefficient (Wildman–Crippen LogP) is 1.63. The highest BCUT2D eigenvalue weighted by Crippen LogP contribution is 2.13. The second-order valence-corrected chi connectivity index (χ2v) is 6.01. The number of carbonyl (C=O) groups is 2. The molecule has 0 atom stereocenters. The van der Waals surface area contributed by atoms with Crippen LogP contribution in [0.2, 0.25) is 0 Å². The van der Waals surface area contributed by atoms with Crippen LogP contribution in [-0.2, 0) is 4.74 Å². The molecular weight excluding hydrogens is 322 g/mol. The summed E-state index contributed by atoms with van der Waals surface area (Å²) in [5, 5.41) is 0. The monoisotopic (exact) mass is 349 g/mol. The van der Waals surface area contributed by atoms with Gasteiger partial charge in [-0.3, -0.25) is 4.79 Å². The average Bonchev–Trinajstić information content (AvgIpc) is 2.66. The number of hydrogen-bond acceptors (Lipinski definition) is 6. The van der Waals surface area contributed by atoms with E-state index in [1.807, 2.05) is 0 Å². The highest BCUT2D eigenvalue weighted by molar-refractivity contribution is 5.91. The minimum Gasteiger partial charge on any atom is -0.450 e. The molecule has 1 aliphatic heterocycles. The molecule has 1 aromatic rings. The summed E-state index contributed by atoms with van der Waals surface area (Å²) in [4.78, 5) is 38.0. The number of nitrogens with zero attached hydrogens (tertiary/aromatic N) is 5. The van der Waals surface area contributed by atoms with E-state index in [-0.39, 0.29) is 12.0 Å². The van der Waals surface area contributed by atoms with E-state index in [0.29, 0.717) is 45.0 Å². The molecule has 1 aromatic heterocycles. The number of aromatic nitrogens is 2. The van der Waals surface area contributed by atoms with E-state index < -0.39 is 0 Å². The largest absolute Gasteiger partial charge is 0.450 e. The normalized spacial score (nSPS) is 14.4. The molecule has 1 aliphatic rings. The van der Waals surface area contributed by atoms with Crippen molar-refractivity contribution in [3.05, 3.63) is 18.1 Å². The fourth-order valence-electron chi connectivity index (χ4n) is 2.62. The number of piperazine rings is 1. The van der Waals surface area contributed by atoms with Gasteiger partial charge in [0.15, 0.2) is 0 Å². The summed E-state index contributed by atoms with van der Waals surface area (Å²) in [5.74, 6) is 0.607. The van der Waals surface area contributed by atoms with Gasteiger partial charge in [-0.2, -0.15) is 0 Å². The third-order valence-electron chi connectivity index (χ3n) is 4.18. The van der Waals surface area contributed by atoms with Gasteiger partial charge in [0.2, 0.25) is 0 Å². The molecule has 138 valence electrons. The van der Waals surface area contributed by atoms with E-state index in [4.69, 9.17) is 4.74 Å². The number of anilines is 1. The first-order valence-corrected chi connectivity index (χ1v) is 8.81. The molecule has 1 fully saturated rings. The highest BCUT2D eigenvalue weighted by atomic mass is 16.6. The zero-order chi connectivity index (χ0) is 18.2. The Morgan fingerprint density at radius 1 is 1.16 bits per heavy atom. The number of ether oxygens (including phenoxy) is 1. The van der Waals surface area contributed by atoms with Crippen molar-refractivity contribution in [2.45, 2.75) is 26.7 Å². The summed E-state index contributed by atoms with van der Waals surface area (Å²) in [5.41, 5.74) is 0.354. The van der Waals surface area contributed by atoms with Gasteiger partial charge >= 0.3 is 6.09 Å². The van der Waals surface area contributed by atoms with Crippen molar-refractivity contribution in [2.75, 3.05) is 51.3 Å². The first-order chi connectivity index (χ1) is 12.1. The van der Waals surface area contributed by atoms with Gasteiger partial charge in [0.05, 0.1) is 19.0 Å². The second-order valence-electron chi connectivity index (χ2n) is 6.01. The van der Waals surface area contributed by atoms with Crippen LogP contribution in [0.3, 0.4) is 0 Å². The number of carbonyl (C=O) groups excluding carboxylic acids is 2. The maximum absolute atomic E-state index is 12.3. The first-order valence-electron chi connectivity index (χ1n) is 8.81. The minimum atomic E-state index is -0.274. The maximum Gasteiger partial charge on any atom is 0.409 e. The van der Waals surface area contributed by atoms with Crippen LogP contribution >= 0.6 is 0 Å². The molecule has 8 heteroatoms. The van der Waals surface area contributed by atoms with E-state index in [2.05, 4.69) is 21.8 Å². The molecule has 0 N–H and O–H groups in total. The molecule has 0 radical (unpaired) electrons. The summed E-state index contributed by atoms with van der Waals surface area (Å²) in [6, 6.07) is 0. The van der Waals surface area contributed by atoms with Gasteiger partial charge in [-0.1, -0.05) is 13.3 Å². The zero-order valence-electron chi connectivity index (χ0n) is 15.3. The van der Waals surface area contributed by atoms with Crippen LogP contribution < -0.4 is 4.90 Å². The molecule has 0 bridgehead atoms. The van der Waals surface area contributed by atoms with Crippen LogP contribution in [0.4, 0.5) is 10.6 Å². The third kappa shape index (κ3) is 5.04. The van der Waals surface area contributed by atoms with Crippen LogP contribution in [0.1, 0.15) is 37.2 Å². The fraction of sp³-hybridized carbons (Fsp3) is 0.647. The Morgan fingerprint density at radius 3 is 2.44 bits per heavy atom. The van der Waals surface area contributed by atoms with Crippen LogP contribution in [-0.4, -0.2) is 78.1 Å². The van der Waals surface area contributed by atoms with E-state index in [9.17, 15) is 9.59 Å². The summed E-state index contributed by atoms with van der Waals surface area (Å²) < 4.78 is 5.01. The quantitative estimate of drug-likeness (QED) is 0.777. The van der Waals surface area contributed by atoms with Gasteiger partial charge in [0.1, 0.15) is 11.5 Å². The molecule has 2 amide bonds. The lowest BCUT2D eigenvalue weighted by Crippen LogP contribution is -2.49. The van der Waals surface area contributed by atoms with Gasteiger partial charge in [-0.25, -0.2) is 14.8 Å². The first kappa shape index (κ1) is 19.0. The van der Waals surface area contributed by atoms with Gasteiger partial charge in [0, 0.05) is 39.8 Å². The Labute approximate surface area is 148 Å². The van der Waals surface area contributed by atoms with Gasteiger partial charge < -0.3 is 19.4 Å². The predicted molar refractivity (Wildman–Crippen MR) is 94.7 cm³/mol. The van der Waals surface area contributed by atoms with Crippen molar-refractivity contribution in [2.24, 2.45) is 0 Å². The standard InChI is InChI=1S/C17H27N5O3/c1-4-6-7-20(3)16(23)14-12-19-15(13-18-14)21-8-10-22(11-9-21)17(24)25-5-2/h12-13H,4-11H2,1-3H3. The molecule has 25 heavy (non-hydrogen) atoms. The van der Waals surface area contributed by atoms with Crippen LogP contribution in [0.5, 0.6) is 0 Å². The van der Waals surface area contributed by atoms with Crippen molar-refractivity contribution in [3.63, 3.8) is 0 Å². The Bertz CT molecular complexity index is 570. The smallest absolute Gasteiger partial charge is 0.409 e. The van der Waals surface area contributed by atoms with Crippen molar-refractivity contribution in [1.29, 1.82) is 0 Å². The van der Waals surface area contributed by atoms with E-state index in [0.717, 1.165) is 18.7 Å². The summed E-state index contributed by atoms with van der Waals surface area (Å²) in [6.45, 7) is 7.48. The molecular formula is C17H27N5O3. The van der Waals surface area contributed by atoms with E-state index >= 15 is 0 Å². The molecule has 2 rings (SSSR count). The van der Waals surface area contributed by atoms with Gasteiger partial charge in [-0.05, 0) is 13.3 Å². The lowest BCUT2D eigenvalue weighted by Gasteiger charge is -2.34. The molecule has 2 heterocycles. The van der Waals surface area contributed by atoms with E-state index in [1.165, 1.54) is 6.20 Å². The molecule has 0 aliphatic carbocycles. The molecule has 0 spiro atoms. The average molecular weight is 349 g/mol. The number of unbranched alkanes of at least 4 members (excludes halogenated alkanes) is 1. The topological polar surface area (TPSA) is 78.9 Å². The van der Waals surface area contributed by atoms with Crippen LogP contribution in [0.15, 0.2) is 12.4 Å². The summed E-state index contributed by atoms with van der Waals surface area (Å²) in [7, 11) is 1.78. The summed E-state index contributed by atoms with van der Waals surface area (Å²) in [6.07, 6.45) is 4.89. The van der Waals surface area contributed by atoms with Gasteiger partial charge in [0.25, 0.3) is 5.91 Å². The van der Waals surface area contributed by atoms with Crippen LogP contribution in [0, 0.1) is 0 Å². The summed E-state index contributed by atoms with van der Waals surface area (Å²) >= 11 is 0. The molecule has 1 saturated heterocycles. The number of hydrogen-bond donors (Lipinski definition) is 0. The fourth-order valence-corrected chi connectivity index (χ4v) is 2.62. The van der Waals surface area contributed by atoms with Crippen molar-refractivity contribution >= 4 is 17.8 Å². The van der Waals surface area contributed by atoms with E-state index in [1.54, 1.807) is 30.0 Å². The molecule has 8 nitrogen and oxygen atoms in total. The molecule has 0 unspecified atom stereocenters. The van der Waals surface area contributed by atoms with Crippen molar-refractivity contribution < 1.29 is 14.3 Å². The Hall–Kier alpha value is -2.38. The van der Waals surface area contributed by atoms with Crippen molar-refractivity contribution in [3.8, 4) is 0 Å². The highest BCUT2D eigenvalue weighted by Gasteiger charge is 2.23. The maximum atomic E-state index is 12.3. The number of amides is 2. The SMILES string of the molecule is CCCCN(C)C(=O)c1cnc(N2CCN(C(=O)OCC)CC2)cn1.